The third kappa shape index (κ3) is 3.04. The number of piperidine rings is 1. The standard InChI is InChI=1S/C18H22N4OS2/c1-3-13-8-6-7-11-21(13)16(23)12(2)24-17-19-20-18-22(17)14-9-4-5-10-15(14)25-18/h4-5,9-10,12-13H,3,6-8,11H2,1-2H3. The lowest BCUT2D eigenvalue weighted by molar-refractivity contribution is -0.134. The van der Waals surface area contributed by atoms with Crippen molar-refractivity contribution >= 4 is 44.2 Å². The van der Waals surface area contributed by atoms with Crippen LogP contribution in [0.5, 0.6) is 0 Å². The Labute approximate surface area is 155 Å². The van der Waals surface area contributed by atoms with Crippen LogP contribution in [0.4, 0.5) is 0 Å². The second-order valence-corrected chi connectivity index (χ2v) is 8.84. The lowest BCUT2D eigenvalue weighted by Gasteiger charge is -2.36. The molecule has 1 aliphatic heterocycles. The summed E-state index contributed by atoms with van der Waals surface area (Å²) in [6.07, 6.45) is 4.51. The quantitative estimate of drug-likeness (QED) is 0.642. The number of thioether (sulfide) groups is 1. The number of hydrogen-bond donors (Lipinski definition) is 0. The zero-order valence-corrected chi connectivity index (χ0v) is 16.1. The molecule has 0 bridgehead atoms. The van der Waals surface area contributed by atoms with Gasteiger partial charge in [-0.05, 0) is 44.7 Å². The molecule has 2 aromatic heterocycles. The monoisotopic (exact) mass is 374 g/mol. The molecular weight excluding hydrogens is 352 g/mol. The van der Waals surface area contributed by atoms with E-state index in [-0.39, 0.29) is 11.2 Å². The number of rotatable bonds is 4. The van der Waals surface area contributed by atoms with E-state index in [1.54, 1.807) is 11.3 Å². The second-order valence-electron chi connectivity index (χ2n) is 6.52. The number of benzene rings is 1. The normalized spacial score (nSPS) is 19.6. The summed E-state index contributed by atoms with van der Waals surface area (Å²) in [5, 5.41) is 9.27. The smallest absolute Gasteiger partial charge is 0.236 e. The molecule has 1 aromatic carbocycles. The molecule has 5 nitrogen and oxygen atoms in total. The van der Waals surface area contributed by atoms with Crippen LogP contribution in [-0.4, -0.2) is 43.2 Å². The number of thiazole rings is 1. The van der Waals surface area contributed by atoms with Gasteiger partial charge in [-0.1, -0.05) is 42.2 Å². The second kappa shape index (κ2) is 6.96. The first-order valence-electron chi connectivity index (χ1n) is 8.89. The first-order chi connectivity index (χ1) is 12.2. The van der Waals surface area contributed by atoms with Crippen LogP contribution >= 0.6 is 23.1 Å². The lowest BCUT2D eigenvalue weighted by Crippen LogP contribution is -2.46. The molecule has 2 atom stereocenters. The summed E-state index contributed by atoms with van der Waals surface area (Å²) >= 11 is 3.15. The summed E-state index contributed by atoms with van der Waals surface area (Å²) in [5.41, 5.74) is 1.11. The fourth-order valence-electron chi connectivity index (χ4n) is 3.59. The van der Waals surface area contributed by atoms with Gasteiger partial charge in [-0.15, -0.1) is 10.2 Å². The van der Waals surface area contributed by atoms with E-state index in [0.717, 1.165) is 41.4 Å². The zero-order valence-electron chi connectivity index (χ0n) is 14.5. The molecule has 0 radical (unpaired) electrons. The molecule has 0 saturated carbocycles. The van der Waals surface area contributed by atoms with Crippen LogP contribution in [0.1, 0.15) is 39.5 Å². The van der Waals surface area contributed by atoms with Gasteiger partial charge in [-0.25, -0.2) is 0 Å². The Balaban J connectivity index is 1.59. The van der Waals surface area contributed by atoms with E-state index in [9.17, 15) is 4.79 Å². The SMILES string of the molecule is CCC1CCCCN1C(=O)C(C)Sc1nnc2sc3ccccc3n12. The highest BCUT2D eigenvalue weighted by Gasteiger charge is 2.30. The molecule has 1 amide bonds. The average molecular weight is 375 g/mol. The van der Waals surface area contributed by atoms with E-state index in [1.807, 2.05) is 19.1 Å². The van der Waals surface area contributed by atoms with E-state index in [1.165, 1.54) is 22.9 Å². The first-order valence-corrected chi connectivity index (χ1v) is 10.6. The van der Waals surface area contributed by atoms with Gasteiger partial charge < -0.3 is 4.90 Å². The van der Waals surface area contributed by atoms with Crippen LogP contribution in [-0.2, 0) is 4.79 Å². The number of aromatic nitrogens is 3. The molecule has 2 unspecified atom stereocenters. The number of carbonyl (C=O) groups is 1. The van der Waals surface area contributed by atoms with Gasteiger partial charge in [0.1, 0.15) is 0 Å². The largest absolute Gasteiger partial charge is 0.339 e. The number of para-hydroxylation sites is 1. The van der Waals surface area contributed by atoms with Crippen LogP contribution in [0.25, 0.3) is 15.2 Å². The summed E-state index contributed by atoms with van der Waals surface area (Å²) in [6.45, 7) is 5.05. The highest BCUT2D eigenvalue weighted by atomic mass is 32.2. The van der Waals surface area contributed by atoms with Crippen LogP contribution < -0.4 is 0 Å². The molecule has 1 saturated heterocycles. The number of hydrogen-bond acceptors (Lipinski definition) is 5. The molecule has 1 aliphatic rings. The van der Waals surface area contributed by atoms with Crippen molar-refractivity contribution in [3.8, 4) is 0 Å². The van der Waals surface area contributed by atoms with E-state index >= 15 is 0 Å². The molecule has 7 heteroatoms. The third-order valence-electron chi connectivity index (χ3n) is 4.92. The van der Waals surface area contributed by atoms with Gasteiger partial charge in [-0.3, -0.25) is 9.20 Å². The Hall–Kier alpha value is -1.60. The zero-order chi connectivity index (χ0) is 17.4. The minimum absolute atomic E-state index is 0.154. The molecule has 3 aromatic rings. The highest BCUT2D eigenvalue weighted by Crippen LogP contribution is 2.32. The van der Waals surface area contributed by atoms with Crippen LogP contribution in [0.3, 0.4) is 0 Å². The van der Waals surface area contributed by atoms with Crippen molar-refractivity contribution < 1.29 is 4.79 Å². The Bertz CT molecular complexity index is 903. The molecular formula is C18H22N4OS2. The van der Waals surface area contributed by atoms with Gasteiger partial charge in [0.05, 0.1) is 15.5 Å². The fraction of sp³-hybridized carbons (Fsp3) is 0.500. The van der Waals surface area contributed by atoms with E-state index in [0.29, 0.717) is 6.04 Å². The molecule has 132 valence electrons. The third-order valence-corrected chi connectivity index (χ3v) is 6.96. The Morgan fingerprint density at radius 2 is 2.20 bits per heavy atom. The van der Waals surface area contributed by atoms with Gasteiger partial charge >= 0.3 is 0 Å². The van der Waals surface area contributed by atoms with E-state index in [2.05, 4.69) is 38.6 Å². The molecule has 0 N–H and O–H groups in total. The summed E-state index contributed by atoms with van der Waals surface area (Å²) < 4.78 is 3.26. The number of fused-ring (bicyclic) bond motifs is 3. The topological polar surface area (TPSA) is 50.5 Å². The minimum Gasteiger partial charge on any atom is -0.339 e. The number of amides is 1. The van der Waals surface area contributed by atoms with Crippen molar-refractivity contribution in [1.82, 2.24) is 19.5 Å². The maximum Gasteiger partial charge on any atom is 0.236 e. The van der Waals surface area contributed by atoms with Gasteiger partial charge in [0.2, 0.25) is 10.9 Å². The molecule has 1 fully saturated rings. The Kier molecular flexibility index (Phi) is 4.69. The van der Waals surface area contributed by atoms with Gasteiger partial charge in [-0.2, -0.15) is 0 Å². The van der Waals surface area contributed by atoms with Crippen molar-refractivity contribution in [3.63, 3.8) is 0 Å². The Morgan fingerprint density at radius 3 is 3.04 bits per heavy atom. The number of likely N-dealkylation sites (tertiary alicyclic amines) is 1. The van der Waals surface area contributed by atoms with Crippen LogP contribution in [0.15, 0.2) is 29.4 Å². The average Bonchev–Trinajstić information content (AvgIpc) is 3.20. The molecule has 3 heterocycles. The molecule has 0 spiro atoms. The first kappa shape index (κ1) is 16.8. The van der Waals surface area contributed by atoms with Crippen LogP contribution in [0.2, 0.25) is 0 Å². The van der Waals surface area contributed by atoms with E-state index in [4.69, 9.17) is 0 Å². The Morgan fingerprint density at radius 1 is 1.36 bits per heavy atom. The molecule has 0 aliphatic carbocycles. The van der Waals surface area contributed by atoms with Crippen molar-refractivity contribution in [2.75, 3.05) is 6.54 Å². The maximum atomic E-state index is 13.0. The molecule has 25 heavy (non-hydrogen) atoms. The van der Waals surface area contributed by atoms with Gasteiger partial charge in [0.15, 0.2) is 5.16 Å². The lowest BCUT2D eigenvalue weighted by atomic mass is 10.00. The number of carbonyl (C=O) groups excluding carboxylic acids is 1. The van der Waals surface area contributed by atoms with Crippen molar-refractivity contribution in [3.05, 3.63) is 24.3 Å². The summed E-state index contributed by atoms with van der Waals surface area (Å²) in [4.78, 5) is 16.0. The highest BCUT2D eigenvalue weighted by molar-refractivity contribution is 8.00. The fourth-order valence-corrected chi connectivity index (χ4v) is 5.54. The van der Waals surface area contributed by atoms with Crippen molar-refractivity contribution in [1.29, 1.82) is 0 Å². The van der Waals surface area contributed by atoms with Gasteiger partial charge in [0.25, 0.3) is 0 Å². The predicted octanol–water partition coefficient (Wildman–Crippen LogP) is 4.22. The predicted molar refractivity (Wildman–Crippen MR) is 103 cm³/mol. The van der Waals surface area contributed by atoms with Crippen molar-refractivity contribution in [2.24, 2.45) is 0 Å². The van der Waals surface area contributed by atoms with Gasteiger partial charge in [0, 0.05) is 12.6 Å². The molecule has 4 rings (SSSR count). The van der Waals surface area contributed by atoms with Crippen LogP contribution in [0, 0.1) is 0 Å². The summed E-state index contributed by atoms with van der Waals surface area (Å²) in [5.74, 6) is 0.229. The minimum atomic E-state index is -0.154. The van der Waals surface area contributed by atoms with Crippen molar-refractivity contribution in [2.45, 2.75) is 56.0 Å². The summed E-state index contributed by atoms with van der Waals surface area (Å²) in [7, 11) is 0. The number of nitrogens with zero attached hydrogens (tertiary/aromatic N) is 4. The van der Waals surface area contributed by atoms with E-state index < -0.39 is 0 Å². The summed E-state index contributed by atoms with van der Waals surface area (Å²) in [6, 6.07) is 8.63. The maximum absolute atomic E-state index is 13.0.